The molecule has 0 unspecified atom stereocenters. The van der Waals surface area contributed by atoms with Crippen molar-refractivity contribution in [3.63, 3.8) is 0 Å². The lowest BCUT2D eigenvalue weighted by Crippen LogP contribution is -2.17. The molecule has 0 fully saturated rings. The minimum absolute atomic E-state index is 0.0584. The number of anilines is 2. The zero-order valence-electron chi connectivity index (χ0n) is 23.6. The Kier molecular flexibility index (Phi) is 11.1. The number of nitriles is 1. The number of rotatable bonds is 9. The Morgan fingerprint density at radius 2 is 1.50 bits per heavy atom. The summed E-state index contributed by atoms with van der Waals surface area (Å²) in [7, 11) is 0. The third kappa shape index (κ3) is 9.58. The lowest BCUT2D eigenvalue weighted by atomic mass is 10.1. The largest absolute Gasteiger partial charge is 0.418 e. The SMILES string of the molecule is Cc1ccc(NCC(=O)c2cnccn2)c([N+](=O)[O-])c1.N#Cc1ccc(NCC(=O)c2ccc(C(F)(F)F)cc2)c(C(F)(F)F)c1. The van der Waals surface area contributed by atoms with Crippen LogP contribution in [-0.4, -0.2) is 39.5 Å². The van der Waals surface area contributed by atoms with Crippen molar-refractivity contribution in [2.45, 2.75) is 19.3 Å². The standard InChI is InChI=1S/C17H10F6N2O.C13H12N4O3/c18-16(19,20)12-4-2-11(3-5-12)15(26)9-25-14-6-1-10(8-24)7-13(14)17(21,22)23;1-9-2-3-10(12(6-9)17(19)20)16-8-13(18)11-7-14-4-5-15-11/h1-7,25H,9H2;2-7,16H,8H2,1H3. The highest BCUT2D eigenvalue weighted by Crippen LogP contribution is 2.35. The summed E-state index contributed by atoms with van der Waals surface area (Å²) in [5, 5.41) is 24.7. The Bertz CT molecular complexity index is 1760. The number of nitro groups is 1. The number of Topliss-reactive ketones (excluding diaryl/α,β-unsaturated/α-hetero) is 2. The van der Waals surface area contributed by atoms with Gasteiger partial charge in [0, 0.05) is 29.7 Å². The first-order valence-electron chi connectivity index (χ1n) is 12.9. The lowest BCUT2D eigenvalue weighted by Gasteiger charge is -2.14. The molecule has 0 radical (unpaired) electrons. The van der Waals surface area contributed by atoms with E-state index in [1.807, 2.05) is 0 Å². The molecule has 0 aliphatic heterocycles. The number of ketones is 2. The number of hydrogen-bond acceptors (Lipinski definition) is 9. The fourth-order valence-electron chi connectivity index (χ4n) is 3.78. The Morgan fingerprint density at radius 3 is 2.07 bits per heavy atom. The van der Waals surface area contributed by atoms with Gasteiger partial charge in [0.1, 0.15) is 11.4 Å². The summed E-state index contributed by atoms with van der Waals surface area (Å²) in [6, 6.07) is 12.5. The molecule has 10 nitrogen and oxygen atoms in total. The van der Waals surface area contributed by atoms with Crippen LogP contribution in [0, 0.1) is 28.4 Å². The summed E-state index contributed by atoms with van der Waals surface area (Å²) < 4.78 is 76.5. The molecule has 238 valence electrons. The number of aryl methyl sites for hydroxylation is 1. The number of halogens is 6. The molecule has 4 aromatic rings. The minimum atomic E-state index is -4.74. The molecule has 0 atom stereocenters. The summed E-state index contributed by atoms with van der Waals surface area (Å²) in [4.78, 5) is 42.0. The average Bonchev–Trinajstić information content (AvgIpc) is 3.02. The van der Waals surface area contributed by atoms with Crippen LogP contribution in [0.2, 0.25) is 0 Å². The topological polar surface area (TPSA) is 151 Å². The number of nitrogens with one attached hydrogen (secondary N) is 2. The fourth-order valence-corrected chi connectivity index (χ4v) is 3.78. The number of alkyl halides is 6. The van der Waals surface area contributed by atoms with Gasteiger partial charge in [-0.25, -0.2) is 4.98 Å². The van der Waals surface area contributed by atoms with Gasteiger partial charge in [-0.05, 0) is 48.9 Å². The van der Waals surface area contributed by atoms with Crippen LogP contribution in [-0.2, 0) is 12.4 Å². The lowest BCUT2D eigenvalue weighted by molar-refractivity contribution is -0.384. The third-order valence-electron chi connectivity index (χ3n) is 6.07. The summed E-state index contributed by atoms with van der Waals surface area (Å²) in [5.74, 6) is -0.968. The van der Waals surface area contributed by atoms with Crippen molar-refractivity contribution in [1.82, 2.24) is 9.97 Å². The molecule has 0 aliphatic rings. The van der Waals surface area contributed by atoms with Gasteiger partial charge in [0.25, 0.3) is 5.69 Å². The summed E-state index contributed by atoms with van der Waals surface area (Å²) >= 11 is 0. The molecule has 1 aromatic heterocycles. The van der Waals surface area contributed by atoms with Gasteiger partial charge in [0.2, 0.25) is 5.78 Å². The normalized spacial score (nSPS) is 11.0. The first kappa shape index (κ1) is 34.6. The number of nitrogens with zero attached hydrogens (tertiary/aromatic N) is 4. The van der Waals surface area contributed by atoms with E-state index < -0.39 is 46.4 Å². The van der Waals surface area contributed by atoms with E-state index in [0.29, 0.717) is 11.8 Å². The van der Waals surface area contributed by atoms with Crippen molar-refractivity contribution < 1.29 is 40.9 Å². The molecule has 16 heteroatoms. The molecule has 46 heavy (non-hydrogen) atoms. The number of aromatic nitrogens is 2. The maximum absolute atomic E-state index is 13.0. The predicted octanol–water partition coefficient (Wildman–Crippen LogP) is 6.88. The highest BCUT2D eigenvalue weighted by molar-refractivity contribution is 5.99. The number of hydrogen-bond donors (Lipinski definition) is 2. The second kappa shape index (κ2) is 14.8. The van der Waals surface area contributed by atoms with E-state index in [-0.39, 0.29) is 34.8 Å². The van der Waals surface area contributed by atoms with Crippen LogP contribution in [0.4, 0.5) is 43.4 Å². The Hall–Kier alpha value is -5.85. The molecule has 0 bridgehead atoms. The maximum atomic E-state index is 13.0. The minimum Gasteiger partial charge on any atom is -0.377 e. The molecular weight excluding hydrogens is 622 g/mol. The van der Waals surface area contributed by atoms with Crippen molar-refractivity contribution in [2.75, 3.05) is 23.7 Å². The molecule has 0 amide bonds. The van der Waals surface area contributed by atoms with Crippen LogP contribution in [0.1, 0.15) is 43.1 Å². The molecule has 3 aromatic carbocycles. The van der Waals surface area contributed by atoms with Crippen molar-refractivity contribution in [2.24, 2.45) is 0 Å². The van der Waals surface area contributed by atoms with E-state index in [1.165, 1.54) is 24.7 Å². The Labute approximate surface area is 256 Å². The second-order valence-electron chi connectivity index (χ2n) is 9.37. The monoisotopic (exact) mass is 644 g/mol. The van der Waals surface area contributed by atoms with Crippen LogP contribution >= 0.6 is 0 Å². The van der Waals surface area contributed by atoms with Gasteiger partial charge >= 0.3 is 12.4 Å². The van der Waals surface area contributed by atoms with Crippen LogP contribution in [0.5, 0.6) is 0 Å². The van der Waals surface area contributed by atoms with E-state index in [1.54, 1.807) is 25.1 Å². The van der Waals surface area contributed by atoms with Gasteiger partial charge in [-0.2, -0.15) is 31.6 Å². The average molecular weight is 645 g/mol. The second-order valence-corrected chi connectivity index (χ2v) is 9.37. The summed E-state index contributed by atoms with van der Waals surface area (Å²) in [5.41, 5.74) is -1.49. The van der Waals surface area contributed by atoms with Gasteiger partial charge in [-0.3, -0.25) is 24.7 Å². The van der Waals surface area contributed by atoms with E-state index in [2.05, 4.69) is 20.6 Å². The number of benzene rings is 3. The zero-order valence-corrected chi connectivity index (χ0v) is 23.6. The molecular formula is C30H22F6N6O4. The maximum Gasteiger partial charge on any atom is 0.418 e. The molecule has 0 aliphatic carbocycles. The zero-order chi connectivity index (χ0) is 34.1. The van der Waals surface area contributed by atoms with Crippen molar-refractivity contribution in [1.29, 1.82) is 5.26 Å². The van der Waals surface area contributed by atoms with Gasteiger partial charge in [-0.15, -0.1) is 0 Å². The number of nitro benzene ring substituents is 1. The molecule has 1 heterocycles. The van der Waals surface area contributed by atoms with Crippen LogP contribution < -0.4 is 10.6 Å². The third-order valence-corrected chi connectivity index (χ3v) is 6.07. The van der Waals surface area contributed by atoms with E-state index in [9.17, 15) is 46.0 Å². The van der Waals surface area contributed by atoms with Gasteiger partial charge in [-0.1, -0.05) is 18.2 Å². The molecule has 0 saturated heterocycles. The summed E-state index contributed by atoms with van der Waals surface area (Å²) in [6.45, 7) is 1.13. The first-order chi connectivity index (χ1) is 21.6. The van der Waals surface area contributed by atoms with Crippen molar-refractivity contribution in [3.05, 3.63) is 123 Å². The van der Waals surface area contributed by atoms with E-state index >= 15 is 0 Å². The smallest absolute Gasteiger partial charge is 0.377 e. The van der Waals surface area contributed by atoms with Crippen LogP contribution in [0.25, 0.3) is 0 Å². The van der Waals surface area contributed by atoms with E-state index in [0.717, 1.165) is 42.0 Å². The van der Waals surface area contributed by atoms with Crippen LogP contribution in [0.15, 0.2) is 79.3 Å². The molecule has 2 N–H and O–H groups in total. The molecule has 4 rings (SSSR count). The van der Waals surface area contributed by atoms with Crippen LogP contribution in [0.3, 0.4) is 0 Å². The number of carbonyl (C=O) groups excluding carboxylic acids is 2. The first-order valence-corrected chi connectivity index (χ1v) is 12.9. The van der Waals surface area contributed by atoms with Gasteiger partial charge in [0.15, 0.2) is 5.78 Å². The quantitative estimate of drug-likeness (QED) is 0.0860. The highest BCUT2D eigenvalue weighted by Gasteiger charge is 2.34. The predicted molar refractivity (Wildman–Crippen MR) is 153 cm³/mol. The van der Waals surface area contributed by atoms with E-state index in [4.69, 9.17) is 5.26 Å². The Balaban J connectivity index is 0.000000259. The number of carbonyl (C=O) groups is 2. The Morgan fingerprint density at radius 1 is 0.870 bits per heavy atom. The fraction of sp³-hybridized carbons (Fsp3) is 0.167. The molecule has 0 spiro atoms. The highest BCUT2D eigenvalue weighted by atomic mass is 19.4. The molecule has 0 saturated carbocycles. The summed E-state index contributed by atoms with van der Waals surface area (Å²) in [6.07, 6.45) is -5.05. The van der Waals surface area contributed by atoms with Gasteiger partial charge < -0.3 is 10.6 Å². The van der Waals surface area contributed by atoms with Crippen molar-refractivity contribution >= 4 is 28.6 Å². The van der Waals surface area contributed by atoms with Gasteiger partial charge in [0.05, 0.1) is 47.0 Å². The van der Waals surface area contributed by atoms with Crippen molar-refractivity contribution in [3.8, 4) is 6.07 Å².